The number of pyridine rings is 1. The zero-order chi connectivity index (χ0) is 12.1. The lowest BCUT2D eigenvalue weighted by molar-refractivity contribution is -0.148. The van der Waals surface area contributed by atoms with Crippen molar-refractivity contribution in [2.75, 3.05) is 6.61 Å². The van der Waals surface area contributed by atoms with Crippen LogP contribution in [0.15, 0.2) is 18.3 Å². The van der Waals surface area contributed by atoms with Gasteiger partial charge in [-0.05, 0) is 19.1 Å². The highest BCUT2D eigenvalue weighted by atomic mass is 19.1. The van der Waals surface area contributed by atoms with E-state index in [-0.39, 0.29) is 23.6 Å². The number of ether oxygens (including phenoxy) is 1. The molecule has 0 saturated heterocycles. The molecule has 1 unspecified atom stereocenters. The van der Waals surface area contributed by atoms with E-state index in [1.165, 1.54) is 6.07 Å². The quantitative estimate of drug-likeness (QED) is 0.739. The van der Waals surface area contributed by atoms with Gasteiger partial charge in [0.05, 0.1) is 18.7 Å². The maximum atomic E-state index is 12.7. The molecule has 0 spiro atoms. The topological polar surface area (TPSA) is 39.2 Å². The Bertz CT molecular complexity index is 351. The average molecular weight is 225 g/mol. The zero-order valence-electron chi connectivity index (χ0n) is 9.74. The molecule has 0 bridgehead atoms. The normalized spacial score (nSPS) is 14.2. The minimum Gasteiger partial charge on any atom is -0.466 e. The van der Waals surface area contributed by atoms with Crippen LogP contribution in [0, 0.1) is 11.7 Å². The van der Waals surface area contributed by atoms with E-state index in [0.717, 1.165) is 6.20 Å². The number of nitrogens with zero attached hydrogens (tertiary/aromatic N) is 1. The van der Waals surface area contributed by atoms with E-state index in [1.54, 1.807) is 19.9 Å². The molecule has 0 aliphatic rings. The van der Waals surface area contributed by atoms with E-state index in [1.807, 2.05) is 6.92 Å². The Balaban J connectivity index is 2.73. The van der Waals surface area contributed by atoms with Crippen molar-refractivity contribution in [1.29, 1.82) is 0 Å². The SMILES string of the molecule is CCOC(=O)[C@H](C)C(C)c1ccc(F)cn1. The fourth-order valence-corrected chi connectivity index (χ4v) is 1.39. The summed E-state index contributed by atoms with van der Waals surface area (Å²) in [5.74, 6) is -0.988. The Morgan fingerprint density at radius 2 is 2.19 bits per heavy atom. The Kier molecular flexibility index (Phi) is 4.40. The molecule has 88 valence electrons. The van der Waals surface area contributed by atoms with Crippen molar-refractivity contribution in [1.82, 2.24) is 4.98 Å². The second-order valence-corrected chi connectivity index (χ2v) is 3.73. The van der Waals surface area contributed by atoms with Crippen molar-refractivity contribution in [3.8, 4) is 0 Å². The van der Waals surface area contributed by atoms with Crippen LogP contribution in [-0.2, 0) is 9.53 Å². The van der Waals surface area contributed by atoms with Crippen molar-refractivity contribution in [2.24, 2.45) is 5.92 Å². The van der Waals surface area contributed by atoms with Crippen LogP contribution in [0.2, 0.25) is 0 Å². The van der Waals surface area contributed by atoms with Gasteiger partial charge in [0.15, 0.2) is 0 Å². The molecule has 0 saturated carbocycles. The monoisotopic (exact) mass is 225 g/mol. The highest BCUT2D eigenvalue weighted by Gasteiger charge is 2.23. The van der Waals surface area contributed by atoms with Crippen LogP contribution in [0.4, 0.5) is 4.39 Å². The standard InChI is InChI=1S/C12H16FNO2/c1-4-16-12(15)9(3)8(2)11-6-5-10(13)7-14-11/h5-9H,4H2,1-3H3/t8?,9-/m1/s1. The number of hydrogen-bond donors (Lipinski definition) is 0. The number of esters is 1. The predicted molar refractivity (Wildman–Crippen MR) is 58.4 cm³/mol. The number of rotatable bonds is 4. The van der Waals surface area contributed by atoms with Crippen LogP contribution < -0.4 is 0 Å². The van der Waals surface area contributed by atoms with Gasteiger partial charge in [-0.2, -0.15) is 0 Å². The lowest BCUT2D eigenvalue weighted by Gasteiger charge is -2.17. The van der Waals surface area contributed by atoms with Crippen LogP contribution in [0.25, 0.3) is 0 Å². The molecule has 0 aliphatic heterocycles. The minimum absolute atomic E-state index is 0.0837. The molecular weight excluding hydrogens is 209 g/mol. The van der Waals surface area contributed by atoms with Gasteiger partial charge in [0.1, 0.15) is 5.82 Å². The maximum Gasteiger partial charge on any atom is 0.309 e. The minimum atomic E-state index is -0.375. The molecule has 1 rings (SSSR count). The fourth-order valence-electron chi connectivity index (χ4n) is 1.39. The lowest BCUT2D eigenvalue weighted by Crippen LogP contribution is -2.20. The third kappa shape index (κ3) is 3.02. The first kappa shape index (κ1) is 12.6. The van der Waals surface area contributed by atoms with Gasteiger partial charge in [0.2, 0.25) is 0 Å². The molecule has 0 aliphatic carbocycles. The van der Waals surface area contributed by atoms with Gasteiger partial charge in [-0.15, -0.1) is 0 Å². The third-order valence-electron chi connectivity index (χ3n) is 2.63. The van der Waals surface area contributed by atoms with E-state index in [0.29, 0.717) is 12.3 Å². The molecule has 0 fully saturated rings. The summed E-state index contributed by atoms with van der Waals surface area (Å²) in [5, 5.41) is 0. The molecule has 1 heterocycles. The van der Waals surface area contributed by atoms with Crippen LogP contribution in [0.5, 0.6) is 0 Å². The summed E-state index contributed by atoms with van der Waals surface area (Å²) in [6.07, 6.45) is 1.16. The van der Waals surface area contributed by atoms with Gasteiger partial charge in [0.25, 0.3) is 0 Å². The summed E-state index contributed by atoms with van der Waals surface area (Å²) in [5.41, 5.74) is 0.696. The summed E-state index contributed by atoms with van der Waals surface area (Å²) in [4.78, 5) is 15.5. The second kappa shape index (κ2) is 5.58. The molecule has 1 aromatic rings. The van der Waals surface area contributed by atoms with Crippen LogP contribution in [-0.4, -0.2) is 17.6 Å². The second-order valence-electron chi connectivity index (χ2n) is 3.73. The Morgan fingerprint density at radius 1 is 1.50 bits per heavy atom. The lowest BCUT2D eigenvalue weighted by atomic mass is 9.92. The smallest absolute Gasteiger partial charge is 0.309 e. The summed E-state index contributed by atoms with van der Waals surface area (Å²) >= 11 is 0. The van der Waals surface area contributed by atoms with E-state index in [2.05, 4.69) is 4.98 Å². The van der Waals surface area contributed by atoms with Gasteiger partial charge < -0.3 is 4.74 Å². The fraction of sp³-hybridized carbons (Fsp3) is 0.500. The first-order valence-electron chi connectivity index (χ1n) is 5.34. The maximum absolute atomic E-state index is 12.7. The first-order valence-corrected chi connectivity index (χ1v) is 5.34. The van der Waals surface area contributed by atoms with Gasteiger partial charge in [-0.1, -0.05) is 13.8 Å². The molecule has 16 heavy (non-hydrogen) atoms. The van der Waals surface area contributed by atoms with Crippen molar-refractivity contribution in [3.05, 3.63) is 29.8 Å². The summed E-state index contributed by atoms with van der Waals surface area (Å²) in [6.45, 7) is 5.80. The number of hydrogen-bond acceptors (Lipinski definition) is 3. The predicted octanol–water partition coefficient (Wildman–Crippen LogP) is 2.52. The van der Waals surface area contributed by atoms with Crippen LogP contribution in [0.1, 0.15) is 32.4 Å². The summed E-state index contributed by atoms with van der Waals surface area (Å²) < 4.78 is 17.6. The molecule has 2 atom stereocenters. The molecule has 0 amide bonds. The third-order valence-corrected chi connectivity index (χ3v) is 2.63. The van der Waals surface area contributed by atoms with E-state index < -0.39 is 0 Å². The van der Waals surface area contributed by atoms with E-state index in [9.17, 15) is 9.18 Å². The van der Waals surface area contributed by atoms with Crippen LogP contribution >= 0.6 is 0 Å². The highest BCUT2D eigenvalue weighted by molar-refractivity contribution is 5.73. The zero-order valence-corrected chi connectivity index (χ0v) is 9.74. The first-order chi connectivity index (χ1) is 7.56. The average Bonchev–Trinajstić information content (AvgIpc) is 2.28. The Morgan fingerprint density at radius 3 is 2.69 bits per heavy atom. The molecule has 1 aromatic heterocycles. The molecule has 3 nitrogen and oxygen atoms in total. The van der Waals surface area contributed by atoms with Crippen molar-refractivity contribution < 1.29 is 13.9 Å². The summed E-state index contributed by atoms with van der Waals surface area (Å²) in [6, 6.07) is 2.94. The largest absolute Gasteiger partial charge is 0.466 e. The number of carbonyl (C=O) groups is 1. The summed E-state index contributed by atoms with van der Waals surface area (Å²) in [7, 11) is 0. The number of aromatic nitrogens is 1. The van der Waals surface area contributed by atoms with Gasteiger partial charge >= 0.3 is 5.97 Å². The Labute approximate surface area is 94.6 Å². The Hall–Kier alpha value is -1.45. The van der Waals surface area contributed by atoms with Crippen molar-refractivity contribution in [2.45, 2.75) is 26.7 Å². The highest BCUT2D eigenvalue weighted by Crippen LogP contribution is 2.23. The molecule has 0 N–H and O–H groups in total. The van der Waals surface area contributed by atoms with Gasteiger partial charge in [-0.3, -0.25) is 9.78 Å². The molecule has 4 heteroatoms. The van der Waals surface area contributed by atoms with E-state index in [4.69, 9.17) is 4.74 Å². The van der Waals surface area contributed by atoms with Crippen LogP contribution in [0.3, 0.4) is 0 Å². The van der Waals surface area contributed by atoms with Gasteiger partial charge in [-0.25, -0.2) is 4.39 Å². The number of carbonyl (C=O) groups excluding carboxylic acids is 1. The molecule has 0 aromatic carbocycles. The van der Waals surface area contributed by atoms with Crippen molar-refractivity contribution in [3.63, 3.8) is 0 Å². The molecule has 0 radical (unpaired) electrons. The number of halogens is 1. The molecular formula is C12H16FNO2. The van der Waals surface area contributed by atoms with E-state index >= 15 is 0 Å². The van der Waals surface area contributed by atoms with Crippen molar-refractivity contribution >= 4 is 5.97 Å². The van der Waals surface area contributed by atoms with Gasteiger partial charge in [0, 0.05) is 11.6 Å².